The summed E-state index contributed by atoms with van der Waals surface area (Å²) in [6.45, 7) is 3.32. The molecule has 0 amide bonds. The Labute approximate surface area is 117 Å². The Morgan fingerprint density at radius 3 is 2.81 bits per heavy atom. The topological polar surface area (TPSA) is 38.0 Å². The third kappa shape index (κ3) is 4.19. The first kappa shape index (κ1) is 14.2. The molecule has 1 heterocycles. The Hall–Kier alpha value is 0.140. The SMILES string of the molecule is CC#CCCNC(CN)c1cc(Br)c(Br)s1. The predicted octanol–water partition coefficient (Wildman–Crippen LogP) is 3.28. The Morgan fingerprint density at radius 2 is 2.31 bits per heavy atom. The van der Waals surface area contributed by atoms with Gasteiger partial charge in [-0.3, -0.25) is 0 Å². The van der Waals surface area contributed by atoms with Crippen LogP contribution < -0.4 is 11.1 Å². The van der Waals surface area contributed by atoms with E-state index in [0.29, 0.717) is 6.54 Å². The highest BCUT2D eigenvalue weighted by Crippen LogP contribution is 2.35. The molecule has 1 aromatic rings. The highest BCUT2D eigenvalue weighted by Gasteiger charge is 2.13. The maximum atomic E-state index is 5.76. The smallest absolute Gasteiger partial charge is 0.0843 e. The van der Waals surface area contributed by atoms with Crippen molar-refractivity contribution in [1.82, 2.24) is 5.32 Å². The number of rotatable bonds is 5. The molecule has 0 radical (unpaired) electrons. The molecule has 0 aliphatic rings. The molecule has 0 spiro atoms. The van der Waals surface area contributed by atoms with Crippen LogP contribution in [-0.2, 0) is 0 Å². The molecule has 16 heavy (non-hydrogen) atoms. The number of nitrogens with one attached hydrogen (secondary N) is 1. The van der Waals surface area contributed by atoms with Gasteiger partial charge in [0.1, 0.15) is 0 Å². The second-order valence-corrected chi connectivity index (χ2v) is 6.45. The third-order valence-corrected chi connectivity index (χ3v) is 5.43. The van der Waals surface area contributed by atoms with Gasteiger partial charge in [0.05, 0.1) is 9.83 Å². The number of thiophene rings is 1. The molecule has 0 aliphatic heterocycles. The highest BCUT2D eigenvalue weighted by molar-refractivity contribution is 9.13. The van der Waals surface area contributed by atoms with Gasteiger partial charge in [0.2, 0.25) is 0 Å². The predicted molar refractivity (Wildman–Crippen MR) is 77.6 cm³/mol. The van der Waals surface area contributed by atoms with Crippen LogP contribution in [0.2, 0.25) is 0 Å². The summed E-state index contributed by atoms with van der Waals surface area (Å²) in [6, 6.07) is 2.32. The molecule has 2 nitrogen and oxygen atoms in total. The quantitative estimate of drug-likeness (QED) is 0.620. The van der Waals surface area contributed by atoms with E-state index >= 15 is 0 Å². The normalized spacial score (nSPS) is 12.0. The molecule has 0 saturated carbocycles. The number of hydrogen-bond acceptors (Lipinski definition) is 3. The lowest BCUT2D eigenvalue weighted by atomic mass is 10.2. The van der Waals surface area contributed by atoms with Gasteiger partial charge >= 0.3 is 0 Å². The summed E-state index contributed by atoms with van der Waals surface area (Å²) in [6.07, 6.45) is 0.862. The van der Waals surface area contributed by atoms with E-state index in [4.69, 9.17) is 5.73 Å². The minimum Gasteiger partial charge on any atom is -0.329 e. The summed E-state index contributed by atoms with van der Waals surface area (Å²) < 4.78 is 2.19. The van der Waals surface area contributed by atoms with Gasteiger partial charge in [0.15, 0.2) is 0 Å². The van der Waals surface area contributed by atoms with E-state index in [1.54, 1.807) is 11.3 Å². The lowest BCUT2D eigenvalue weighted by Gasteiger charge is -2.13. The van der Waals surface area contributed by atoms with Crippen molar-refractivity contribution in [3.05, 3.63) is 19.2 Å². The van der Waals surface area contributed by atoms with Crippen LogP contribution in [0.4, 0.5) is 0 Å². The van der Waals surface area contributed by atoms with Crippen LogP contribution in [0.1, 0.15) is 24.3 Å². The minimum absolute atomic E-state index is 0.214. The van der Waals surface area contributed by atoms with E-state index in [0.717, 1.165) is 21.2 Å². The maximum absolute atomic E-state index is 5.76. The van der Waals surface area contributed by atoms with Crippen molar-refractivity contribution in [3.8, 4) is 11.8 Å². The van der Waals surface area contributed by atoms with E-state index in [9.17, 15) is 0 Å². The summed E-state index contributed by atoms with van der Waals surface area (Å²) in [5, 5.41) is 3.40. The van der Waals surface area contributed by atoms with Crippen molar-refractivity contribution in [3.63, 3.8) is 0 Å². The molecule has 1 aromatic heterocycles. The van der Waals surface area contributed by atoms with Gasteiger partial charge < -0.3 is 11.1 Å². The molecule has 0 aromatic carbocycles. The Balaban J connectivity index is 2.55. The summed E-state index contributed by atoms with van der Waals surface area (Å²) in [7, 11) is 0. The second-order valence-electron chi connectivity index (χ2n) is 3.19. The first-order chi connectivity index (χ1) is 7.69. The van der Waals surface area contributed by atoms with Crippen molar-refractivity contribution in [2.24, 2.45) is 5.73 Å². The molecule has 1 rings (SSSR count). The van der Waals surface area contributed by atoms with Crippen molar-refractivity contribution in [2.45, 2.75) is 19.4 Å². The Bertz CT molecular complexity index is 373. The lowest BCUT2D eigenvalue weighted by molar-refractivity contribution is 0.558. The van der Waals surface area contributed by atoms with Crippen LogP contribution in [0, 0.1) is 11.8 Å². The molecule has 0 fully saturated rings. The summed E-state index contributed by atoms with van der Waals surface area (Å²) in [5.74, 6) is 5.91. The van der Waals surface area contributed by atoms with Gasteiger partial charge in [-0.05, 0) is 44.8 Å². The standard InChI is InChI=1S/C11H14Br2N2S/c1-2-3-4-5-15-9(7-14)10-6-8(12)11(13)16-10/h6,9,15H,4-5,7,14H2,1H3. The molecule has 3 N–H and O–H groups in total. The monoisotopic (exact) mass is 364 g/mol. The zero-order valence-electron chi connectivity index (χ0n) is 9.02. The number of halogens is 2. The third-order valence-electron chi connectivity index (χ3n) is 2.06. The molecular formula is C11H14Br2N2S. The first-order valence-electron chi connectivity index (χ1n) is 4.96. The first-order valence-corrected chi connectivity index (χ1v) is 7.37. The molecular weight excluding hydrogens is 352 g/mol. The molecule has 0 aliphatic carbocycles. The van der Waals surface area contributed by atoms with E-state index in [1.807, 2.05) is 6.92 Å². The fourth-order valence-electron chi connectivity index (χ4n) is 1.27. The average Bonchev–Trinajstić information content (AvgIpc) is 2.59. The van der Waals surface area contributed by atoms with Crippen LogP contribution in [0.5, 0.6) is 0 Å². The summed E-state index contributed by atoms with van der Waals surface area (Å²) in [5.41, 5.74) is 5.76. The maximum Gasteiger partial charge on any atom is 0.0843 e. The van der Waals surface area contributed by atoms with E-state index in [-0.39, 0.29) is 6.04 Å². The van der Waals surface area contributed by atoms with Crippen molar-refractivity contribution < 1.29 is 0 Å². The average molecular weight is 366 g/mol. The summed E-state index contributed by atoms with van der Waals surface area (Å²) in [4.78, 5) is 1.24. The van der Waals surface area contributed by atoms with E-state index < -0.39 is 0 Å². The molecule has 1 atom stereocenters. The van der Waals surface area contributed by atoms with Gasteiger partial charge in [0.25, 0.3) is 0 Å². The van der Waals surface area contributed by atoms with Gasteiger partial charge in [-0.25, -0.2) is 0 Å². The molecule has 0 saturated heterocycles. The number of hydrogen-bond donors (Lipinski definition) is 2. The van der Waals surface area contributed by atoms with Gasteiger partial charge in [-0.2, -0.15) is 0 Å². The van der Waals surface area contributed by atoms with Crippen molar-refractivity contribution >= 4 is 43.2 Å². The zero-order chi connectivity index (χ0) is 12.0. The molecule has 5 heteroatoms. The van der Waals surface area contributed by atoms with E-state index in [1.165, 1.54) is 4.88 Å². The van der Waals surface area contributed by atoms with Crippen LogP contribution in [-0.4, -0.2) is 13.1 Å². The highest BCUT2D eigenvalue weighted by atomic mass is 79.9. The zero-order valence-corrected chi connectivity index (χ0v) is 13.0. The minimum atomic E-state index is 0.214. The van der Waals surface area contributed by atoms with E-state index in [2.05, 4.69) is 55.1 Å². The Morgan fingerprint density at radius 1 is 1.56 bits per heavy atom. The Kier molecular flexibility index (Phi) is 6.62. The fourth-order valence-corrected chi connectivity index (χ4v) is 3.45. The van der Waals surface area contributed by atoms with Crippen LogP contribution in [0.15, 0.2) is 14.3 Å². The van der Waals surface area contributed by atoms with Gasteiger partial charge in [0, 0.05) is 28.9 Å². The van der Waals surface area contributed by atoms with Crippen LogP contribution in [0.3, 0.4) is 0 Å². The summed E-state index contributed by atoms with van der Waals surface area (Å²) >= 11 is 8.67. The second kappa shape index (κ2) is 7.46. The van der Waals surface area contributed by atoms with Gasteiger partial charge in [-0.1, -0.05) is 0 Å². The fraction of sp³-hybridized carbons (Fsp3) is 0.455. The van der Waals surface area contributed by atoms with Gasteiger partial charge in [-0.15, -0.1) is 23.2 Å². The van der Waals surface area contributed by atoms with Crippen LogP contribution in [0.25, 0.3) is 0 Å². The number of nitrogens with two attached hydrogens (primary N) is 1. The van der Waals surface area contributed by atoms with Crippen LogP contribution >= 0.6 is 43.2 Å². The lowest BCUT2D eigenvalue weighted by Crippen LogP contribution is -2.28. The largest absolute Gasteiger partial charge is 0.329 e. The van der Waals surface area contributed by atoms with Crippen molar-refractivity contribution in [1.29, 1.82) is 0 Å². The molecule has 88 valence electrons. The van der Waals surface area contributed by atoms with Crippen molar-refractivity contribution in [2.75, 3.05) is 13.1 Å². The molecule has 0 bridgehead atoms. The molecule has 1 unspecified atom stereocenters.